The highest BCUT2D eigenvalue weighted by atomic mass is 32.2. The number of benzene rings is 1. The summed E-state index contributed by atoms with van der Waals surface area (Å²) < 4.78 is 25.7. The summed E-state index contributed by atoms with van der Waals surface area (Å²) in [6.07, 6.45) is 0. The molecule has 1 aliphatic heterocycles. The minimum absolute atomic E-state index is 0.145. The molecule has 1 aromatic heterocycles. The number of nitrogens with zero attached hydrogens (tertiary/aromatic N) is 2. The Balaban J connectivity index is 2.05. The van der Waals surface area contributed by atoms with E-state index in [1.807, 2.05) is 24.3 Å². The molecule has 112 valence electrons. The first-order valence-corrected chi connectivity index (χ1v) is 8.30. The van der Waals surface area contributed by atoms with Gasteiger partial charge in [0.05, 0.1) is 28.6 Å². The third kappa shape index (κ3) is 2.52. The fraction of sp³-hybridized carbons (Fsp3) is 0.385. The van der Waals surface area contributed by atoms with E-state index in [1.54, 1.807) is 11.6 Å². The zero-order chi connectivity index (χ0) is 15.2. The lowest BCUT2D eigenvalue weighted by atomic mass is 10.2. The Bertz CT molecular complexity index is 812. The number of carboxylic acids is 1. The van der Waals surface area contributed by atoms with Gasteiger partial charge in [-0.3, -0.25) is 10.1 Å². The van der Waals surface area contributed by atoms with Gasteiger partial charge in [-0.2, -0.15) is 0 Å². The van der Waals surface area contributed by atoms with E-state index in [2.05, 4.69) is 10.3 Å². The number of sulfone groups is 1. The van der Waals surface area contributed by atoms with Crippen molar-refractivity contribution in [2.75, 3.05) is 11.5 Å². The molecule has 0 saturated carbocycles. The second-order valence-corrected chi connectivity index (χ2v) is 7.36. The standard InChI is InChI=1S/C13H15N3O4S/c1-16-11-5-3-2-4-8(11)15-12(16)9-6-21(19,20)7-10(14-9)13(17)18/h2-5,9-10,14H,6-7H2,1H3,(H,17,18). The van der Waals surface area contributed by atoms with Gasteiger partial charge in [-0.1, -0.05) is 12.1 Å². The molecule has 1 aliphatic rings. The summed E-state index contributed by atoms with van der Waals surface area (Å²) in [5, 5.41) is 12.0. The van der Waals surface area contributed by atoms with Gasteiger partial charge >= 0.3 is 5.97 Å². The summed E-state index contributed by atoms with van der Waals surface area (Å²) in [6.45, 7) is 0. The van der Waals surface area contributed by atoms with E-state index in [-0.39, 0.29) is 11.5 Å². The summed E-state index contributed by atoms with van der Waals surface area (Å²) in [6, 6.07) is 5.72. The van der Waals surface area contributed by atoms with Crippen LogP contribution < -0.4 is 5.32 Å². The molecule has 0 bridgehead atoms. The zero-order valence-electron chi connectivity index (χ0n) is 11.4. The molecule has 2 aromatic rings. The van der Waals surface area contributed by atoms with Gasteiger partial charge in [0.15, 0.2) is 9.84 Å². The van der Waals surface area contributed by atoms with E-state index in [0.29, 0.717) is 5.82 Å². The summed E-state index contributed by atoms with van der Waals surface area (Å²) in [5.41, 5.74) is 1.63. The maximum absolute atomic E-state index is 11.9. The Hall–Kier alpha value is -1.93. The highest BCUT2D eigenvalue weighted by Gasteiger charge is 2.37. The van der Waals surface area contributed by atoms with Crippen molar-refractivity contribution in [3.05, 3.63) is 30.1 Å². The molecular formula is C13H15N3O4S. The Labute approximate surface area is 121 Å². The Morgan fingerprint density at radius 1 is 1.38 bits per heavy atom. The minimum atomic E-state index is -3.43. The molecule has 8 heteroatoms. The van der Waals surface area contributed by atoms with E-state index in [0.717, 1.165) is 11.0 Å². The van der Waals surface area contributed by atoms with Gasteiger partial charge in [-0.25, -0.2) is 13.4 Å². The number of carbonyl (C=O) groups is 1. The van der Waals surface area contributed by atoms with Crippen LogP contribution in [-0.4, -0.2) is 46.6 Å². The van der Waals surface area contributed by atoms with Crippen molar-refractivity contribution < 1.29 is 18.3 Å². The van der Waals surface area contributed by atoms with Crippen molar-refractivity contribution in [3.63, 3.8) is 0 Å². The van der Waals surface area contributed by atoms with E-state index >= 15 is 0 Å². The molecular weight excluding hydrogens is 294 g/mol. The van der Waals surface area contributed by atoms with Crippen LogP contribution in [0.15, 0.2) is 24.3 Å². The fourth-order valence-corrected chi connectivity index (χ4v) is 4.32. The number of aliphatic carboxylic acids is 1. The maximum Gasteiger partial charge on any atom is 0.321 e. The van der Waals surface area contributed by atoms with E-state index in [9.17, 15) is 13.2 Å². The van der Waals surface area contributed by atoms with Gasteiger partial charge in [0.1, 0.15) is 11.9 Å². The van der Waals surface area contributed by atoms with Crippen LogP contribution in [0.2, 0.25) is 0 Å². The van der Waals surface area contributed by atoms with Crippen LogP contribution in [0.3, 0.4) is 0 Å². The lowest BCUT2D eigenvalue weighted by molar-refractivity contribution is -0.139. The lowest BCUT2D eigenvalue weighted by Crippen LogP contribution is -2.51. The molecule has 0 radical (unpaired) electrons. The average Bonchev–Trinajstić information content (AvgIpc) is 2.75. The van der Waals surface area contributed by atoms with Gasteiger partial charge in [0, 0.05) is 7.05 Å². The molecule has 3 rings (SSSR count). The number of imidazole rings is 1. The molecule has 2 atom stereocenters. The van der Waals surface area contributed by atoms with Gasteiger partial charge in [0.25, 0.3) is 0 Å². The normalized spacial score (nSPS) is 25.0. The van der Waals surface area contributed by atoms with Crippen LogP contribution in [0, 0.1) is 0 Å². The molecule has 2 N–H and O–H groups in total. The number of aromatic nitrogens is 2. The summed E-state index contributed by atoms with van der Waals surface area (Å²) >= 11 is 0. The maximum atomic E-state index is 11.9. The second-order valence-electron chi connectivity index (χ2n) is 5.20. The molecule has 1 fully saturated rings. The summed E-state index contributed by atoms with van der Waals surface area (Å²) in [7, 11) is -1.63. The molecule has 7 nitrogen and oxygen atoms in total. The third-order valence-electron chi connectivity index (χ3n) is 3.68. The first kappa shape index (κ1) is 14.0. The Morgan fingerprint density at radius 2 is 2.10 bits per heavy atom. The number of rotatable bonds is 2. The second kappa shape index (κ2) is 4.81. The first-order chi connectivity index (χ1) is 9.87. The average molecular weight is 309 g/mol. The Kier molecular flexibility index (Phi) is 3.22. The fourth-order valence-electron chi connectivity index (χ4n) is 2.68. The van der Waals surface area contributed by atoms with Crippen molar-refractivity contribution in [2.45, 2.75) is 12.1 Å². The highest BCUT2D eigenvalue weighted by Crippen LogP contribution is 2.24. The number of hydrogen-bond acceptors (Lipinski definition) is 5. The zero-order valence-corrected chi connectivity index (χ0v) is 12.2. The van der Waals surface area contributed by atoms with Crippen LogP contribution in [0.5, 0.6) is 0 Å². The topological polar surface area (TPSA) is 101 Å². The molecule has 2 heterocycles. The molecule has 21 heavy (non-hydrogen) atoms. The van der Waals surface area contributed by atoms with Crippen LogP contribution in [0.25, 0.3) is 11.0 Å². The molecule has 0 spiro atoms. The van der Waals surface area contributed by atoms with Crippen molar-refractivity contribution in [1.82, 2.24) is 14.9 Å². The predicted molar refractivity (Wildman–Crippen MR) is 76.7 cm³/mol. The van der Waals surface area contributed by atoms with Gasteiger partial charge in [-0.05, 0) is 12.1 Å². The number of para-hydroxylation sites is 2. The van der Waals surface area contributed by atoms with Gasteiger partial charge in [-0.15, -0.1) is 0 Å². The smallest absolute Gasteiger partial charge is 0.321 e. The van der Waals surface area contributed by atoms with Crippen LogP contribution in [0.1, 0.15) is 11.9 Å². The van der Waals surface area contributed by atoms with Crippen LogP contribution in [0.4, 0.5) is 0 Å². The predicted octanol–water partition coefficient (Wildman–Crippen LogP) is 0.0856. The molecule has 2 unspecified atom stereocenters. The molecule has 1 aromatic carbocycles. The van der Waals surface area contributed by atoms with Gasteiger partial charge < -0.3 is 9.67 Å². The third-order valence-corrected chi connectivity index (χ3v) is 5.36. The van der Waals surface area contributed by atoms with Crippen molar-refractivity contribution in [3.8, 4) is 0 Å². The lowest BCUT2D eigenvalue weighted by Gasteiger charge is -2.28. The SMILES string of the molecule is Cn1c(C2CS(=O)(=O)CC(C(=O)O)N2)nc2ccccc21. The molecule has 0 amide bonds. The largest absolute Gasteiger partial charge is 0.480 e. The molecule has 0 aliphatic carbocycles. The van der Waals surface area contributed by atoms with Crippen LogP contribution >= 0.6 is 0 Å². The van der Waals surface area contributed by atoms with Crippen molar-refractivity contribution in [2.24, 2.45) is 7.05 Å². The van der Waals surface area contributed by atoms with Crippen molar-refractivity contribution in [1.29, 1.82) is 0 Å². The first-order valence-electron chi connectivity index (χ1n) is 6.48. The summed E-state index contributed by atoms with van der Waals surface area (Å²) in [5.74, 6) is -1.16. The highest BCUT2D eigenvalue weighted by molar-refractivity contribution is 7.91. The number of hydrogen-bond donors (Lipinski definition) is 2. The number of carboxylic acid groups (broad SMARTS) is 1. The van der Waals surface area contributed by atoms with E-state index < -0.39 is 27.9 Å². The van der Waals surface area contributed by atoms with Crippen LogP contribution in [-0.2, 0) is 21.7 Å². The monoisotopic (exact) mass is 309 g/mol. The number of nitrogens with one attached hydrogen (secondary N) is 1. The Morgan fingerprint density at radius 3 is 2.76 bits per heavy atom. The van der Waals surface area contributed by atoms with E-state index in [4.69, 9.17) is 5.11 Å². The minimum Gasteiger partial charge on any atom is -0.480 e. The number of fused-ring (bicyclic) bond motifs is 1. The molecule has 1 saturated heterocycles. The quantitative estimate of drug-likeness (QED) is 0.815. The van der Waals surface area contributed by atoms with Crippen molar-refractivity contribution >= 4 is 26.8 Å². The summed E-state index contributed by atoms with van der Waals surface area (Å²) in [4.78, 5) is 15.6. The van der Waals surface area contributed by atoms with E-state index in [1.165, 1.54) is 0 Å². The van der Waals surface area contributed by atoms with Gasteiger partial charge in [0.2, 0.25) is 0 Å². The number of aryl methyl sites for hydroxylation is 1.